The fourth-order valence-corrected chi connectivity index (χ4v) is 3.74. The van der Waals surface area contributed by atoms with Crippen LogP contribution in [0.15, 0.2) is 9.41 Å². The second-order valence-corrected chi connectivity index (χ2v) is 7.78. The van der Waals surface area contributed by atoms with Gasteiger partial charge in [-0.25, -0.2) is 9.98 Å². The summed E-state index contributed by atoms with van der Waals surface area (Å²) in [5.41, 5.74) is 0.939. The number of likely N-dealkylation sites (tertiary alicyclic amines) is 1. The van der Waals surface area contributed by atoms with Gasteiger partial charge in [0.15, 0.2) is 5.96 Å². The SMILES string of the molecule is CCNC(=NCc1nc(C)c(C)o1)NCCCCN1CC(C)CC(C)C1.I. The van der Waals surface area contributed by atoms with Gasteiger partial charge < -0.3 is 20.0 Å². The van der Waals surface area contributed by atoms with Crippen LogP contribution in [0.3, 0.4) is 0 Å². The molecular formula is C20H38IN5O. The van der Waals surface area contributed by atoms with Gasteiger partial charge in [-0.2, -0.15) is 0 Å². The van der Waals surface area contributed by atoms with Crippen molar-refractivity contribution in [3.8, 4) is 0 Å². The summed E-state index contributed by atoms with van der Waals surface area (Å²) in [4.78, 5) is 11.6. The number of oxazole rings is 1. The summed E-state index contributed by atoms with van der Waals surface area (Å²) >= 11 is 0. The zero-order chi connectivity index (χ0) is 18.9. The highest BCUT2D eigenvalue weighted by Crippen LogP contribution is 2.20. The molecule has 2 unspecified atom stereocenters. The van der Waals surface area contributed by atoms with E-state index in [1.807, 2.05) is 13.8 Å². The van der Waals surface area contributed by atoms with Gasteiger partial charge in [-0.05, 0) is 58.4 Å². The maximum atomic E-state index is 5.59. The van der Waals surface area contributed by atoms with Gasteiger partial charge in [-0.15, -0.1) is 24.0 Å². The summed E-state index contributed by atoms with van der Waals surface area (Å²) in [6.07, 6.45) is 3.76. The van der Waals surface area contributed by atoms with Crippen LogP contribution >= 0.6 is 24.0 Å². The number of halogens is 1. The largest absolute Gasteiger partial charge is 0.444 e. The average Bonchev–Trinajstić information content (AvgIpc) is 2.89. The lowest BCUT2D eigenvalue weighted by Crippen LogP contribution is -2.40. The van der Waals surface area contributed by atoms with Gasteiger partial charge in [0.1, 0.15) is 12.3 Å². The van der Waals surface area contributed by atoms with E-state index in [4.69, 9.17) is 4.42 Å². The lowest BCUT2D eigenvalue weighted by atomic mass is 9.92. The van der Waals surface area contributed by atoms with Crippen molar-refractivity contribution in [3.05, 3.63) is 17.3 Å². The number of nitrogens with one attached hydrogen (secondary N) is 2. The van der Waals surface area contributed by atoms with Crippen LogP contribution in [-0.4, -0.2) is 48.6 Å². The third kappa shape index (κ3) is 8.81. The number of piperidine rings is 1. The van der Waals surface area contributed by atoms with Gasteiger partial charge in [-0.1, -0.05) is 13.8 Å². The van der Waals surface area contributed by atoms with Crippen LogP contribution in [-0.2, 0) is 6.54 Å². The van der Waals surface area contributed by atoms with Crippen molar-refractivity contribution in [2.24, 2.45) is 16.8 Å². The molecule has 1 aliphatic heterocycles. The number of nitrogens with zero attached hydrogens (tertiary/aromatic N) is 3. The molecule has 0 saturated carbocycles. The van der Waals surface area contributed by atoms with E-state index in [0.29, 0.717) is 12.4 Å². The average molecular weight is 491 g/mol. The molecule has 2 heterocycles. The van der Waals surface area contributed by atoms with Gasteiger partial charge >= 0.3 is 0 Å². The van der Waals surface area contributed by atoms with Crippen molar-refractivity contribution in [2.75, 3.05) is 32.7 Å². The Morgan fingerprint density at radius 1 is 1.19 bits per heavy atom. The number of hydrogen-bond donors (Lipinski definition) is 2. The molecule has 1 fully saturated rings. The number of guanidine groups is 1. The van der Waals surface area contributed by atoms with Crippen molar-refractivity contribution in [3.63, 3.8) is 0 Å². The molecule has 0 amide bonds. The fraction of sp³-hybridized carbons (Fsp3) is 0.800. The second-order valence-electron chi connectivity index (χ2n) is 7.78. The summed E-state index contributed by atoms with van der Waals surface area (Å²) in [6, 6.07) is 0. The highest BCUT2D eigenvalue weighted by atomic mass is 127. The number of rotatable bonds is 8. The molecule has 2 N–H and O–H groups in total. The summed E-state index contributed by atoms with van der Waals surface area (Å²) in [7, 11) is 0. The molecule has 0 bridgehead atoms. The lowest BCUT2D eigenvalue weighted by molar-refractivity contribution is 0.139. The number of aromatic nitrogens is 1. The third-order valence-corrected chi connectivity index (χ3v) is 4.93. The second kappa shape index (κ2) is 12.6. The molecule has 0 aliphatic carbocycles. The summed E-state index contributed by atoms with van der Waals surface area (Å²) < 4.78 is 5.59. The first-order chi connectivity index (χ1) is 12.5. The number of unbranched alkanes of at least 4 members (excludes halogenated alkanes) is 1. The molecule has 6 nitrogen and oxygen atoms in total. The van der Waals surface area contributed by atoms with Crippen molar-refractivity contribution in [1.82, 2.24) is 20.5 Å². The molecule has 1 aromatic heterocycles. The molecule has 0 aromatic carbocycles. The summed E-state index contributed by atoms with van der Waals surface area (Å²) in [5, 5.41) is 6.70. The van der Waals surface area contributed by atoms with E-state index in [9.17, 15) is 0 Å². The monoisotopic (exact) mass is 491 g/mol. The van der Waals surface area contributed by atoms with E-state index in [1.54, 1.807) is 0 Å². The topological polar surface area (TPSA) is 65.7 Å². The Kier molecular flexibility index (Phi) is 11.3. The van der Waals surface area contributed by atoms with E-state index in [1.165, 1.54) is 32.5 Å². The fourth-order valence-electron chi connectivity index (χ4n) is 3.74. The first-order valence-corrected chi connectivity index (χ1v) is 10.1. The summed E-state index contributed by atoms with van der Waals surface area (Å²) in [6.45, 7) is 16.7. The molecule has 1 saturated heterocycles. The smallest absolute Gasteiger partial charge is 0.216 e. The predicted molar refractivity (Wildman–Crippen MR) is 123 cm³/mol. The Morgan fingerprint density at radius 3 is 2.48 bits per heavy atom. The van der Waals surface area contributed by atoms with Crippen molar-refractivity contribution < 1.29 is 4.42 Å². The Bertz CT molecular complexity index is 545. The van der Waals surface area contributed by atoms with Crippen molar-refractivity contribution in [1.29, 1.82) is 0 Å². The molecule has 156 valence electrons. The van der Waals surface area contributed by atoms with Crippen molar-refractivity contribution >= 4 is 29.9 Å². The van der Waals surface area contributed by atoms with E-state index < -0.39 is 0 Å². The van der Waals surface area contributed by atoms with Crippen LogP contribution in [0, 0.1) is 25.7 Å². The maximum Gasteiger partial charge on any atom is 0.216 e. The molecule has 0 spiro atoms. The van der Waals surface area contributed by atoms with Gasteiger partial charge in [-0.3, -0.25) is 0 Å². The van der Waals surface area contributed by atoms with Gasteiger partial charge in [0.2, 0.25) is 5.89 Å². The van der Waals surface area contributed by atoms with Gasteiger partial charge in [0.05, 0.1) is 5.69 Å². The molecule has 0 radical (unpaired) electrons. The molecule has 1 aliphatic rings. The normalized spacial score (nSPS) is 21.0. The maximum absolute atomic E-state index is 5.59. The van der Waals surface area contributed by atoms with E-state index in [2.05, 4.69) is 46.3 Å². The first kappa shape index (κ1) is 24.2. The van der Waals surface area contributed by atoms with Crippen molar-refractivity contribution in [2.45, 2.75) is 60.4 Å². The minimum absolute atomic E-state index is 0. The van der Waals surface area contributed by atoms with E-state index in [0.717, 1.165) is 48.8 Å². The lowest BCUT2D eigenvalue weighted by Gasteiger charge is -2.34. The predicted octanol–water partition coefficient (Wildman–Crippen LogP) is 3.72. The van der Waals surface area contributed by atoms with Crippen LogP contribution < -0.4 is 10.6 Å². The van der Waals surface area contributed by atoms with Gasteiger partial charge in [0.25, 0.3) is 0 Å². The van der Waals surface area contributed by atoms with E-state index >= 15 is 0 Å². The minimum Gasteiger partial charge on any atom is -0.444 e. The van der Waals surface area contributed by atoms with Crippen LogP contribution in [0.2, 0.25) is 0 Å². The minimum atomic E-state index is 0. The molecule has 2 rings (SSSR count). The highest BCUT2D eigenvalue weighted by Gasteiger charge is 2.20. The Morgan fingerprint density at radius 2 is 1.89 bits per heavy atom. The molecule has 2 atom stereocenters. The molecule has 1 aromatic rings. The molecule has 27 heavy (non-hydrogen) atoms. The van der Waals surface area contributed by atoms with Crippen LogP contribution in [0.25, 0.3) is 0 Å². The Balaban J connectivity index is 0.00000364. The molecule has 7 heteroatoms. The van der Waals surface area contributed by atoms with Crippen LogP contribution in [0.1, 0.15) is 57.4 Å². The quantitative estimate of drug-likeness (QED) is 0.251. The molecular weight excluding hydrogens is 453 g/mol. The Labute approximate surface area is 182 Å². The number of aryl methyl sites for hydroxylation is 2. The van der Waals surface area contributed by atoms with E-state index in [-0.39, 0.29) is 24.0 Å². The third-order valence-electron chi connectivity index (χ3n) is 4.93. The Hall–Kier alpha value is -0.830. The highest BCUT2D eigenvalue weighted by molar-refractivity contribution is 14.0. The van der Waals surface area contributed by atoms with Crippen LogP contribution in [0.5, 0.6) is 0 Å². The number of aliphatic imine (C=N–C) groups is 1. The number of hydrogen-bond acceptors (Lipinski definition) is 4. The zero-order valence-corrected chi connectivity index (χ0v) is 20.0. The van der Waals surface area contributed by atoms with Gasteiger partial charge in [0, 0.05) is 26.2 Å². The first-order valence-electron chi connectivity index (χ1n) is 10.1. The standard InChI is InChI=1S/C20H37N5O.HI/c1-6-21-20(23-12-19-24-17(4)18(5)26-19)22-9-7-8-10-25-13-15(2)11-16(3)14-25;/h15-16H,6-14H2,1-5H3,(H2,21,22,23);1H. The van der Waals surface area contributed by atoms with Crippen LogP contribution in [0.4, 0.5) is 0 Å². The summed E-state index contributed by atoms with van der Waals surface area (Å²) in [5.74, 6) is 4.06. The zero-order valence-electron chi connectivity index (χ0n) is 17.7.